The van der Waals surface area contributed by atoms with E-state index in [4.69, 9.17) is 4.74 Å². The molecule has 0 spiro atoms. The normalized spacial score (nSPS) is 26.0. The molecule has 118 valence electrons. The standard InChI is InChI=1S/C14H23N3O4/c1-21-8-2-4-14(10-18)9-17(7-3-11(14)19)13(20)12-15-5-6-16-12/h5-6,11,18-19H,2-4,7-10H2,1H3,(H,15,16)/t11-,14+/m1/s1. The minimum atomic E-state index is -0.682. The van der Waals surface area contributed by atoms with Gasteiger partial charge in [0.05, 0.1) is 12.7 Å². The molecule has 0 aliphatic carbocycles. The highest BCUT2D eigenvalue weighted by Gasteiger charge is 2.43. The molecule has 7 nitrogen and oxygen atoms in total. The molecule has 1 aromatic rings. The Balaban J connectivity index is 2.08. The van der Waals surface area contributed by atoms with Crippen molar-refractivity contribution < 1.29 is 19.7 Å². The van der Waals surface area contributed by atoms with Crippen LogP contribution in [-0.4, -0.2) is 70.5 Å². The number of ether oxygens (including phenoxy) is 1. The van der Waals surface area contributed by atoms with Crippen molar-refractivity contribution in [3.8, 4) is 0 Å². The van der Waals surface area contributed by atoms with E-state index in [1.54, 1.807) is 18.2 Å². The summed E-state index contributed by atoms with van der Waals surface area (Å²) < 4.78 is 5.03. The van der Waals surface area contributed by atoms with Gasteiger partial charge in [-0.3, -0.25) is 4.79 Å². The van der Waals surface area contributed by atoms with Gasteiger partial charge in [0, 0.05) is 44.6 Å². The van der Waals surface area contributed by atoms with Gasteiger partial charge >= 0.3 is 0 Å². The van der Waals surface area contributed by atoms with E-state index in [0.29, 0.717) is 32.5 Å². The molecule has 1 fully saturated rings. The van der Waals surface area contributed by atoms with Crippen LogP contribution in [0.4, 0.5) is 0 Å². The van der Waals surface area contributed by atoms with Crippen LogP contribution in [0.5, 0.6) is 0 Å². The van der Waals surface area contributed by atoms with E-state index in [9.17, 15) is 15.0 Å². The third-order valence-corrected chi connectivity index (χ3v) is 4.21. The summed E-state index contributed by atoms with van der Waals surface area (Å²) in [6.07, 6.45) is 4.32. The summed E-state index contributed by atoms with van der Waals surface area (Å²) in [4.78, 5) is 20.8. The van der Waals surface area contributed by atoms with Crippen molar-refractivity contribution in [1.29, 1.82) is 0 Å². The molecule has 2 rings (SSSR count). The number of aliphatic hydroxyl groups is 2. The number of H-pyrrole nitrogens is 1. The van der Waals surface area contributed by atoms with Crippen molar-refractivity contribution in [2.45, 2.75) is 25.4 Å². The van der Waals surface area contributed by atoms with Crippen molar-refractivity contribution in [3.05, 3.63) is 18.2 Å². The average molecular weight is 297 g/mol. The van der Waals surface area contributed by atoms with E-state index in [1.807, 2.05) is 0 Å². The van der Waals surface area contributed by atoms with Crippen LogP contribution in [0.1, 0.15) is 29.9 Å². The van der Waals surface area contributed by atoms with Crippen LogP contribution in [-0.2, 0) is 4.74 Å². The first-order valence-corrected chi connectivity index (χ1v) is 7.19. The molecule has 0 unspecified atom stereocenters. The first kappa shape index (κ1) is 15.9. The number of aromatic amines is 1. The Kier molecular flexibility index (Phi) is 5.33. The lowest BCUT2D eigenvalue weighted by Crippen LogP contribution is -2.55. The van der Waals surface area contributed by atoms with Crippen molar-refractivity contribution in [1.82, 2.24) is 14.9 Å². The molecule has 0 aromatic carbocycles. The zero-order chi connectivity index (χ0) is 15.3. The van der Waals surface area contributed by atoms with Gasteiger partial charge in [-0.05, 0) is 19.3 Å². The van der Waals surface area contributed by atoms with Crippen LogP contribution in [0.2, 0.25) is 0 Å². The predicted molar refractivity (Wildman–Crippen MR) is 75.7 cm³/mol. The summed E-state index contributed by atoms with van der Waals surface area (Å²) in [5.41, 5.74) is -0.682. The molecular formula is C14H23N3O4. The van der Waals surface area contributed by atoms with E-state index in [2.05, 4.69) is 9.97 Å². The lowest BCUT2D eigenvalue weighted by atomic mass is 9.74. The lowest BCUT2D eigenvalue weighted by molar-refractivity contribution is -0.0746. The van der Waals surface area contributed by atoms with Crippen molar-refractivity contribution in [2.24, 2.45) is 5.41 Å². The number of nitrogens with zero attached hydrogens (tertiary/aromatic N) is 2. The Bertz CT molecular complexity index is 451. The number of carbonyl (C=O) groups excluding carboxylic acids is 1. The lowest BCUT2D eigenvalue weighted by Gasteiger charge is -2.45. The summed E-state index contributed by atoms with van der Waals surface area (Å²) >= 11 is 0. The number of nitrogens with one attached hydrogen (secondary N) is 1. The number of piperidine rings is 1. The third kappa shape index (κ3) is 3.42. The molecule has 2 heterocycles. The summed E-state index contributed by atoms with van der Waals surface area (Å²) in [5.74, 6) is 0.0894. The first-order valence-electron chi connectivity index (χ1n) is 7.19. The second-order valence-electron chi connectivity index (χ2n) is 5.59. The maximum absolute atomic E-state index is 12.3. The number of carbonyl (C=O) groups is 1. The van der Waals surface area contributed by atoms with Gasteiger partial charge in [-0.25, -0.2) is 4.98 Å². The zero-order valence-electron chi connectivity index (χ0n) is 12.3. The van der Waals surface area contributed by atoms with Crippen LogP contribution in [0.15, 0.2) is 12.4 Å². The van der Waals surface area contributed by atoms with Crippen molar-refractivity contribution >= 4 is 5.91 Å². The van der Waals surface area contributed by atoms with Crippen LogP contribution < -0.4 is 0 Å². The molecule has 1 aromatic heterocycles. The minimum absolute atomic E-state index is 0.153. The number of imidazole rings is 1. The Labute approximate surface area is 123 Å². The van der Waals surface area contributed by atoms with Gasteiger partial charge in [-0.1, -0.05) is 0 Å². The smallest absolute Gasteiger partial charge is 0.289 e. The molecule has 21 heavy (non-hydrogen) atoms. The van der Waals surface area contributed by atoms with E-state index in [1.165, 1.54) is 6.20 Å². The van der Waals surface area contributed by atoms with Gasteiger partial charge in [0.1, 0.15) is 0 Å². The second kappa shape index (κ2) is 7.02. The number of aromatic nitrogens is 2. The number of rotatable bonds is 6. The summed E-state index contributed by atoms with van der Waals surface area (Å²) in [6, 6.07) is 0. The highest BCUT2D eigenvalue weighted by atomic mass is 16.5. The van der Waals surface area contributed by atoms with Gasteiger partial charge in [0.25, 0.3) is 5.91 Å². The van der Waals surface area contributed by atoms with Crippen molar-refractivity contribution in [2.75, 3.05) is 33.4 Å². The number of amides is 1. The van der Waals surface area contributed by atoms with E-state index >= 15 is 0 Å². The largest absolute Gasteiger partial charge is 0.396 e. The number of hydrogen-bond acceptors (Lipinski definition) is 5. The molecule has 1 aliphatic rings. The van der Waals surface area contributed by atoms with E-state index < -0.39 is 11.5 Å². The topological polar surface area (TPSA) is 98.7 Å². The first-order chi connectivity index (χ1) is 10.1. The van der Waals surface area contributed by atoms with E-state index in [-0.39, 0.29) is 18.3 Å². The zero-order valence-corrected chi connectivity index (χ0v) is 12.3. The molecular weight excluding hydrogens is 274 g/mol. The number of aliphatic hydroxyl groups excluding tert-OH is 2. The van der Waals surface area contributed by atoms with Gasteiger partial charge in [0.2, 0.25) is 0 Å². The molecule has 1 amide bonds. The fraction of sp³-hybridized carbons (Fsp3) is 0.714. The summed E-state index contributed by atoms with van der Waals surface area (Å²) in [6.45, 7) is 1.21. The molecule has 0 bridgehead atoms. The molecule has 0 radical (unpaired) electrons. The summed E-state index contributed by atoms with van der Waals surface area (Å²) in [5, 5.41) is 20.1. The molecule has 1 aliphatic heterocycles. The van der Waals surface area contributed by atoms with E-state index in [0.717, 1.165) is 6.42 Å². The number of methoxy groups -OCH3 is 1. The SMILES string of the molecule is COCCC[C@@]1(CO)CN(C(=O)c2ncc[nH]2)CC[C@H]1O. The maximum atomic E-state index is 12.3. The summed E-state index contributed by atoms with van der Waals surface area (Å²) in [7, 11) is 1.62. The molecule has 3 N–H and O–H groups in total. The third-order valence-electron chi connectivity index (χ3n) is 4.21. The predicted octanol–water partition coefficient (Wildman–Crippen LogP) is 0.0218. The fourth-order valence-corrected chi connectivity index (χ4v) is 2.90. The molecule has 0 saturated carbocycles. The van der Waals surface area contributed by atoms with Crippen molar-refractivity contribution in [3.63, 3.8) is 0 Å². The number of hydrogen-bond donors (Lipinski definition) is 3. The van der Waals surface area contributed by atoms with Gasteiger partial charge in [-0.2, -0.15) is 0 Å². The highest BCUT2D eigenvalue weighted by molar-refractivity contribution is 5.90. The van der Waals surface area contributed by atoms with Crippen LogP contribution in [0.25, 0.3) is 0 Å². The molecule has 2 atom stereocenters. The fourth-order valence-electron chi connectivity index (χ4n) is 2.90. The highest BCUT2D eigenvalue weighted by Crippen LogP contribution is 2.35. The Morgan fingerprint density at radius 1 is 1.67 bits per heavy atom. The molecule has 1 saturated heterocycles. The Morgan fingerprint density at radius 3 is 3.10 bits per heavy atom. The molecule has 7 heteroatoms. The monoisotopic (exact) mass is 297 g/mol. The quantitative estimate of drug-likeness (QED) is 0.643. The van der Waals surface area contributed by atoms with Gasteiger partial charge in [-0.15, -0.1) is 0 Å². The van der Waals surface area contributed by atoms with Crippen LogP contribution in [0, 0.1) is 5.41 Å². The van der Waals surface area contributed by atoms with Crippen LogP contribution >= 0.6 is 0 Å². The average Bonchev–Trinajstić information content (AvgIpc) is 3.03. The maximum Gasteiger partial charge on any atom is 0.289 e. The van der Waals surface area contributed by atoms with Gasteiger partial charge < -0.3 is 24.8 Å². The number of likely N-dealkylation sites (tertiary alicyclic amines) is 1. The Morgan fingerprint density at radius 2 is 2.48 bits per heavy atom. The minimum Gasteiger partial charge on any atom is -0.396 e. The Hall–Kier alpha value is -1.44. The van der Waals surface area contributed by atoms with Crippen LogP contribution in [0.3, 0.4) is 0 Å². The van der Waals surface area contributed by atoms with Gasteiger partial charge in [0.15, 0.2) is 5.82 Å². The second-order valence-corrected chi connectivity index (χ2v) is 5.59.